The first-order chi connectivity index (χ1) is 5.70. The van der Waals surface area contributed by atoms with Crippen molar-refractivity contribution in [2.45, 2.75) is 40.0 Å². The molecule has 0 unspecified atom stereocenters. The quantitative estimate of drug-likeness (QED) is 0.430. The van der Waals surface area contributed by atoms with E-state index in [9.17, 15) is 0 Å². The molecule has 0 aromatic rings. The molecule has 3 nitrogen and oxygen atoms in total. The van der Waals surface area contributed by atoms with E-state index in [0.29, 0.717) is 13.2 Å². The van der Waals surface area contributed by atoms with Gasteiger partial charge in [0.05, 0.1) is 0 Å². The second kappa shape index (κ2) is 7.59. The van der Waals surface area contributed by atoms with Crippen molar-refractivity contribution in [3.63, 3.8) is 0 Å². The van der Waals surface area contributed by atoms with Crippen molar-refractivity contribution >= 4 is 7.48 Å². The maximum Gasteiger partial charge on any atom is 0.361 e. The van der Waals surface area contributed by atoms with Gasteiger partial charge in [-0.2, -0.15) is 0 Å². The Morgan fingerprint density at radius 1 is 1.08 bits per heavy atom. The first kappa shape index (κ1) is 11.9. The summed E-state index contributed by atoms with van der Waals surface area (Å²) >= 11 is 0. The summed E-state index contributed by atoms with van der Waals surface area (Å²) in [5.74, 6) is 0. The van der Waals surface area contributed by atoms with Gasteiger partial charge in [-0.15, -0.1) is 0 Å². The van der Waals surface area contributed by atoms with Crippen LogP contribution in [0.1, 0.15) is 27.7 Å². The van der Waals surface area contributed by atoms with Gasteiger partial charge in [-0.1, -0.05) is 0 Å². The van der Waals surface area contributed by atoms with Crippen LogP contribution in [-0.2, 0) is 14.1 Å². The monoisotopic (exact) mass is 173 g/mol. The third-order valence-corrected chi connectivity index (χ3v) is 1.12. The molecule has 0 bridgehead atoms. The van der Waals surface area contributed by atoms with Crippen molar-refractivity contribution in [2.75, 3.05) is 13.2 Å². The first-order valence-electron chi connectivity index (χ1n) is 4.42. The van der Waals surface area contributed by atoms with Crippen molar-refractivity contribution in [3.05, 3.63) is 0 Å². The summed E-state index contributed by atoms with van der Waals surface area (Å²) < 4.78 is 15.7. The van der Waals surface area contributed by atoms with E-state index in [2.05, 4.69) is 0 Å². The molecule has 0 aromatic carbocycles. The minimum atomic E-state index is -0.331. The van der Waals surface area contributed by atoms with Crippen LogP contribution >= 0.6 is 0 Å². The van der Waals surface area contributed by atoms with Gasteiger partial charge in [-0.05, 0) is 27.7 Å². The highest BCUT2D eigenvalue weighted by Gasteiger charge is 2.11. The summed E-state index contributed by atoms with van der Waals surface area (Å²) in [6.07, 6.45) is -0.157. The number of ether oxygens (including phenoxy) is 2. The van der Waals surface area contributed by atoms with Crippen LogP contribution in [0.4, 0.5) is 0 Å². The Hall–Kier alpha value is -0.0551. The van der Waals surface area contributed by atoms with E-state index in [4.69, 9.17) is 14.1 Å². The summed E-state index contributed by atoms with van der Waals surface area (Å²) in [4.78, 5) is 0. The van der Waals surface area contributed by atoms with Gasteiger partial charge in [0, 0.05) is 19.3 Å². The van der Waals surface area contributed by atoms with Crippen LogP contribution in [-0.4, -0.2) is 33.0 Å². The summed E-state index contributed by atoms with van der Waals surface area (Å²) in [5, 5.41) is 0. The highest BCUT2D eigenvalue weighted by molar-refractivity contribution is 6.28. The smallest absolute Gasteiger partial charge is 0.361 e. The maximum absolute atomic E-state index is 5.23. The largest absolute Gasteiger partial charge is 0.433 e. The van der Waals surface area contributed by atoms with E-state index >= 15 is 0 Å². The molecule has 0 aromatic heterocycles. The lowest BCUT2D eigenvalue weighted by Crippen LogP contribution is -2.28. The molecule has 71 valence electrons. The molecule has 0 atom stereocenters. The molecule has 0 saturated carbocycles. The van der Waals surface area contributed by atoms with Crippen LogP contribution < -0.4 is 0 Å². The average molecular weight is 173 g/mol. The van der Waals surface area contributed by atoms with E-state index in [1.54, 1.807) is 7.48 Å². The lowest BCUT2D eigenvalue weighted by atomic mass is 10.0. The van der Waals surface area contributed by atoms with Crippen molar-refractivity contribution < 1.29 is 14.1 Å². The average Bonchev–Trinajstić information content (AvgIpc) is 2.01. The SMILES string of the molecule is CCOC([B]OC(C)C)OCC. The van der Waals surface area contributed by atoms with Gasteiger partial charge in [0.2, 0.25) is 0 Å². The van der Waals surface area contributed by atoms with E-state index in [0.717, 1.165) is 0 Å². The predicted molar refractivity (Wildman–Crippen MR) is 49.0 cm³/mol. The Balaban J connectivity index is 3.48. The number of hydrogen-bond acceptors (Lipinski definition) is 3. The van der Waals surface area contributed by atoms with Crippen LogP contribution in [0.5, 0.6) is 0 Å². The molecule has 0 aliphatic heterocycles. The fourth-order valence-corrected chi connectivity index (χ4v) is 0.676. The van der Waals surface area contributed by atoms with Crippen molar-refractivity contribution in [2.24, 2.45) is 0 Å². The zero-order chi connectivity index (χ0) is 9.40. The van der Waals surface area contributed by atoms with Crippen LogP contribution in [0.15, 0.2) is 0 Å². The molecule has 0 rings (SSSR count). The van der Waals surface area contributed by atoms with Gasteiger partial charge in [-0.3, -0.25) is 0 Å². The molecule has 0 saturated heterocycles. The summed E-state index contributed by atoms with van der Waals surface area (Å²) in [7, 11) is 1.59. The lowest BCUT2D eigenvalue weighted by molar-refractivity contribution is -0.0912. The van der Waals surface area contributed by atoms with Crippen LogP contribution in [0.3, 0.4) is 0 Å². The van der Waals surface area contributed by atoms with Crippen molar-refractivity contribution in [1.82, 2.24) is 0 Å². The maximum atomic E-state index is 5.23. The van der Waals surface area contributed by atoms with Crippen LogP contribution in [0.2, 0.25) is 0 Å². The number of hydrogen-bond donors (Lipinski definition) is 0. The van der Waals surface area contributed by atoms with Gasteiger partial charge in [0.25, 0.3) is 0 Å². The molecule has 0 N–H and O–H groups in total. The number of rotatable bonds is 7. The Labute approximate surface area is 75.7 Å². The molecule has 0 amide bonds. The van der Waals surface area contributed by atoms with E-state index < -0.39 is 0 Å². The fourth-order valence-electron chi connectivity index (χ4n) is 0.676. The molecule has 12 heavy (non-hydrogen) atoms. The Kier molecular flexibility index (Phi) is 7.55. The normalized spacial score (nSPS) is 11.2. The Morgan fingerprint density at radius 3 is 1.92 bits per heavy atom. The molecule has 1 radical (unpaired) electrons. The third-order valence-electron chi connectivity index (χ3n) is 1.12. The van der Waals surface area contributed by atoms with Crippen LogP contribution in [0, 0.1) is 0 Å². The standard InChI is InChI=1S/C8H18BO3/c1-5-10-8(11-6-2)9-12-7(3)4/h7-8H,5-6H2,1-4H3. The lowest BCUT2D eigenvalue weighted by Gasteiger charge is -2.16. The fraction of sp³-hybridized carbons (Fsp3) is 1.00. The zero-order valence-corrected chi connectivity index (χ0v) is 8.37. The second-order valence-corrected chi connectivity index (χ2v) is 2.60. The van der Waals surface area contributed by atoms with Gasteiger partial charge >= 0.3 is 7.48 Å². The minimum Gasteiger partial charge on any atom is -0.433 e. The molecule has 0 aliphatic rings. The first-order valence-corrected chi connectivity index (χ1v) is 4.42. The molecule has 0 aliphatic carbocycles. The Morgan fingerprint density at radius 2 is 1.58 bits per heavy atom. The second-order valence-electron chi connectivity index (χ2n) is 2.60. The predicted octanol–water partition coefficient (Wildman–Crippen LogP) is 1.39. The topological polar surface area (TPSA) is 27.7 Å². The summed E-state index contributed by atoms with van der Waals surface area (Å²) in [5.41, 5.74) is 0. The van der Waals surface area contributed by atoms with Crippen LogP contribution in [0.25, 0.3) is 0 Å². The van der Waals surface area contributed by atoms with Gasteiger partial charge in [0.1, 0.15) is 0 Å². The van der Waals surface area contributed by atoms with Crippen molar-refractivity contribution in [1.29, 1.82) is 0 Å². The highest BCUT2D eigenvalue weighted by atomic mass is 16.7. The summed E-state index contributed by atoms with van der Waals surface area (Å²) in [6.45, 7) is 9.03. The zero-order valence-electron chi connectivity index (χ0n) is 8.37. The van der Waals surface area contributed by atoms with Gasteiger partial charge < -0.3 is 14.1 Å². The molecular formula is C8H18BO3. The summed E-state index contributed by atoms with van der Waals surface area (Å²) in [6, 6.07) is 0. The van der Waals surface area contributed by atoms with E-state index in [1.807, 2.05) is 27.7 Å². The molecule has 4 heteroatoms. The van der Waals surface area contributed by atoms with Crippen molar-refractivity contribution in [3.8, 4) is 0 Å². The van der Waals surface area contributed by atoms with Gasteiger partial charge in [0.15, 0.2) is 6.19 Å². The molecular weight excluding hydrogens is 155 g/mol. The minimum absolute atomic E-state index is 0.174. The molecule has 0 spiro atoms. The Bertz CT molecular complexity index is 92.3. The molecule has 0 heterocycles. The van der Waals surface area contributed by atoms with Gasteiger partial charge in [-0.25, -0.2) is 0 Å². The molecule has 0 fully saturated rings. The van der Waals surface area contributed by atoms with E-state index in [1.165, 1.54) is 0 Å². The van der Waals surface area contributed by atoms with E-state index in [-0.39, 0.29) is 12.3 Å². The third kappa shape index (κ3) is 6.64. The highest BCUT2D eigenvalue weighted by Crippen LogP contribution is 1.96.